The lowest BCUT2D eigenvalue weighted by molar-refractivity contribution is -0.134. The molecule has 138 valence electrons. The first-order valence-corrected chi connectivity index (χ1v) is 10.4. The van der Waals surface area contributed by atoms with Crippen LogP contribution in [0.4, 0.5) is 0 Å². The molecule has 1 amide bonds. The Hall–Kier alpha value is -1.40. The van der Waals surface area contributed by atoms with Gasteiger partial charge in [0.2, 0.25) is 5.91 Å². The molecule has 0 spiro atoms. The van der Waals surface area contributed by atoms with Crippen molar-refractivity contribution in [2.45, 2.75) is 12.5 Å². The first-order valence-electron chi connectivity index (χ1n) is 9.14. The maximum atomic E-state index is 13.2. The predicted molar refractivity (Wildman–Crippen MR) is 107 cm³/mol. The first kappa shape index (κ1) is 18.0. The number of carbonyl (C=O) groups excluding carboxylic acids is 1. The SMILES string of the molecule is CN1CCN(CC(=O)N2CCc3sccc3C2c2ccc(Cl)cc2)CC1. The number of fused-ring (bicyclic) bond motifs is 1. The third kappa shape index (κ3) is 3.67. The van der Waals surface area contributed by atoms with Gasteiger partial charge in [0.05, 0.1) is 12.6 Å². The van der Waals surface area contributed by atoms with E-state index >= 15 is 0 Å². The van der Waals surface area contributed by atoms with Crippen molar-refractivity contribution in [3.05, 3.63) is 56.7 Å². The molecule has 1 aromatic carbocycles. The summed E-state index contributed by atoms with van der Waals surface area (Å²) in [6.07, 6.45) is 0.950. The summed E-state index contributed by atoms with van der Waals surface area (Å²) in [7, 11) is 2.14. The molecule has 1 unspecified atom stereocenters. The van der Waals surface area contributed by atoms with Gasteiger partial charge in [0, 0.05) is 42.6 Å². The van der Waals surface area contributed by atoms with Crippen molar-refractivity contribution in [2.24, 2.45) is 0 Å². The van der Waals surface area contributed by atoms with Crippen LogP contribution in [0.1, 0.15) is 22.0 Å². The first-order chi connectivity index (χ1) is 12.6. The molecule has 1 atom stereocenters. The maximum Gasteiger partial charge on any atom is 0.237 e. The van der Waals surface area contributed by atoms with Crippen molar-refractivity contribution in [3.63, 3.8) is 0 Å². The van der Waals surface area contributed by atoms with Crippen molar-refractivity contribution in [1.29, 1.82) is 0 Å². The van der Waals surface area contributed by atoms with E-state index in [0.717, 1.165) is 49.7 Å². The molecule has 1 saturated heterocycles. The molecule has 2 aliphatic heterocycles. The summed E-state index contributed by atoms with van der Waals surface area (Å²) in [6, 6.07) is 10.1. The van der Waals surface area contributed by atoms with Gasteiger partial charge in [0.1, 0.15) is 0 Å². The molecule has 0 radical (unpaired) electrons. The third-order valence-electron chi connectivity index (χ3n) is 5.43. The highest BCUT2D eigenvalue weighted by Gasteiger charge is 2.33. The Balaban J connectivity index is 1.57. The van der Waals surface area contributed by atoms with Gasteiger partial charge < -0.3 is 9.80 Å². The Labute approximate surface area is 164 Å². The Morgan fingerprint density at radius 2 is 1.85 bits per heavy atom. The monoisotopic (exact) mass is 389 g/mol. The molecule has 26 heavy (non-hydrogen) atoms. The second kappa shape index (κ2) is 7.69. The Kier molecular flexibility index (Phi) is 5.32. The summed E-state index contributed by atoms with van der Waals surface area (Å²) >= 11 is 7.88. The fraction of sp³-hybridized carbons (Fsp3) is 0.450. The average molecular weight is 390 g/mol. The molecule has 1 aromatic heterocycles. The van der Waals surface area contributed by atoms with E-state index < -0.39 is 0 Å². The number of rotatable bonds is 3. The van der Waals surface area contributed by atoms with E-state index in [2.05, 4.69) is 45.3 Å². The number of hydrogen-bond acceptors (Lipinski definition) is 4. The van der Waals surface area contributed by atoms with Gasteiger partial charge in [-0.15, -0.1) is 11.3 Å². The molecule has 0 bridgehead atoms. The molecular formula is C20H24ClN3OS. The predicted octanol–water partition coefficient (Wildman–Crippen LogP) is 3.12. The minimum Gasteiger partial charge on any atom is -0.330 e. The molecule has 0 aliphatic carbocycles. The van der Waals surface area contributed by atoms with E-state index in [0.29, 0.717) is 6.54 Å². The Bertz CT molecular complexity index is 768. The van der Waals surface area contributed by atoms with E-state index in [-0.39, 0.29) is 11.9 Å². The molecule has 2 aromatic rings. The Morgan fingerprint density at radius 3 is 2.58 bits per heavy atom. The van der Waals surface area contributed by atoms with Crippen molar-refractivity contribution in [1.82, 2.24) is 14.7 Å². The molecule has 6 heteroatoms. The van der Waals surface area contributed by atoms with Crippen LogP contribution >= 0.6 is 22.9 Å². The number of nitrogens with zero attached hydrogens (tertiary/aromatic N) is 3. The summed E-state index contributed by atoms with van der Waals surface area (Å²) in [5, 5.41) is 2.87. The van der Waals surface area contributed by atoms with Gasteiger partial charge in [-0.1, -0.05) is 23.7 Å². The number of likely N-dealkylation sites (N-methyl/N-ethyl adjacent to an activating group) is 1. The fourth-order valence-electron chi connectivity index (χ4n) is 3.88. The Morgan fingerprint density at radius 1 is 1.12 bits per heavy atom. The number of benzene rings is 1. The lowest BCUT2D eigenvalue weighted by Crippen LogP contribution is -2.50. The van der Waals surface area contributed by atoms with Crippen molar-refractivity contribution in [3.8, 4) is 0 Å². The van der Waals surface area contributed by atoms with Crippen molar-refractivity contribution < 1.29 is 4.79 Å². The standard InChI is InChI=1S/C20H24ClN3OS/c1-22-9-11-23(12-10-22)14-19(25)24-8-6-18-17(7-13-26-18)20(24)15-2-4-16(21)5-3-15/h2-5,7,13,20H,6,8-12,14H2,1H3. The lowest BCUT2D eigenvalue weighted by atomic mass is 9.93. The van der Waals surface area contributed by atoms with Gasteiger partial charge in [-0.05, 0) is 48.2 Å². The molecule has 2 aliphatic rings. The summed E-state index contributed by atoms with van der Waals surface area (Å²) in [5.41, 5.74) is 2.41. The van der Waals surface area contributed by atoms with Crippen LogP contribution in [0.25, 0.3) is 0 Å². The third-order valence-corrected chi connectivity index (χ3v) is 6.68. The highest BCUT2D eigenvalue weighted by Crippen LogP contribution is 2.38. The van der Waals surface area contributed by atoms with Crippen molar-refractivity contribution >= 4 is 28.8 Å². The van der Waals surface area contributed by atoms with Gasteiger partial charge in [0.25, 0.3) is 0 Å². The van der Waals surface area contributed by atoms with Crippen LogP contribution in [0.2, 0.25) is 5.02 Å². The highest BCUT2D eigenvalue weighted by atomic mass is 35.5. The number of thiophene rings is 1. The zero-order valence-electron chi connectivity index (χ0n) is 15.0. The van der Waals surface area contributed by atoms with Crippen LogP contribution < -0.4 is 0 Å². The summed E-state index contributed by atoms with van der Waals surface area (Å²) in [4.78, 5) is 21.2. The summed E-state index contributed by atoms with van der Waals surface area (Å²) < 4.78 is 0. The molecular weight excluding hydrogens is 366 g/mol. The van der Waals surface area contributed by atoms with Crippen LogP contribution in [0.3, 0.4) is 0 Å². The van der Waals surface area contributed by atoms with Crippen LogP contribution in [-0.2, 0) is 11.2 Å². The number of piperazine rings is 1. The van der Waals surface area contributed by atoms with Crippen molar-refractivity contribution in [2.75, 3.05) is 46.3 Å². The fourth-order valence-corrected chi connectivity index (χ4v) is 4.91. The summed E-state index contributed by atoms with van der Waals surface area (Å²) in [5.74, 6) is 0.228. The van der Waals surface area contributed by atoms with E-state index in [4.69, 9.17) is 11.6 Å². The number of carbonyl (C=O) groups is 1. The molecule has 3 heterocycles. The van der Waals surface area contributed by atoms with Crippen LogP contribution in [0, 0.1) is 0 Å². The maximum absolute atomic E-state index is 13.2. The molecule has 4 nitrogen and oxygen atoms in total. The largest absolute Gasteiger partial charge is 0.330 e. The normalized spacial score (nSPS) is 21.6. The van der Waals surface area contributed by atoms with E-state index in [1.165, 1.54) is 10.4 Å². The second-order valence-electron chi connectivity index (χ2n) is 7.17. The molecule has 4 rings (SSSR count). The van der Waals surface area contributed by atoms with Crippen LogP contribution in [-0.4, -0.2) is 66.9 Å². The van der Waals surface area contributed by atoms with Crippen LogP contribution in [0.5, 0.6) is 0 Å². The molecule has 0 N–H and O–H groups in total. The quantitative estimate of drug-likeness (QED) is 0.806. The minimum atomic E-state index is 0.00207. The van der Waals surface area contributed by atoms with Gasteiger partial charge in [-0.2, -0.15) is 0 Å². The van der Waals surface area contributed by atoms with E-state index in [9.17, 15) is 4.79 Å². The van der Waals surface area contributed by atoms with Crippen LogP contribution in [0.15, 0.2) is 35.7 Å². The number of halogens is 1. The van der Waals surface area contributed by atoms with E-state index in [1.807, 2.05) is 12.1 Å². The topological polar surface area (TPSA) is 26.8 Å². The summed E-state index contributed by atoms with van der Waals surface area (Å²) in [6.45, 7) is 5.28. The minimum absolute atomic E-state index is 0.00207. The number of hydrogen-bond donors (Lipinski definition) is 0. The zero-order chi connectivity index (χ0) is 18.1. The van der Waals surface area contributed by atoms with Gasteiger partial charge in [0.15, 0.2) is 0 Å². The average Bonchev–Trinajstić information content (AvgIpc) is 3.12. The molecule has 1 fully saturated rings. The smallest absolute Gasteiger partial charge is 0.237 e. The second-order valence-corrected chi connectivity index (χ2v) is 8.61. The van der Waals surface area contributed by atoms with Gasteiger partial charge in [-0.3, -0.25) is 9.69 Å². The molecule has 0 saturated carbocycles. The zero-order valence-corrected chi connectivity index (χ0v) is 16.6. The number of amides is 1. The van der Waals surface area contributed by atoms with E-state index in [1.54, 1.807) is 11.3 Å². The van der Waals surface area contributed by atoms with Gasteiger partial charge >= 0.3 is 0 Å². The lowest BCUT2D eigenvalue weighted by Gasteiger charge is -2.39. The van der Waals surface area contributed by atoms with Gasteiger partial charge in [-0.25, -0.2) is 0 Å². The highest BCUT2D eigenvalue weighted by molar-refractivity contribution is 7.10.